The summed E-state index contributed by atoms with van der Waals surface area (Å²) in [5, 5.41) is 15.3. The molecule has 18 heteroatoms. The van der Waals surface area contributed by atoms with Gasteiger partial charge in [-0.05, 0) is 54.0 Å². The molecule has 1 aromatic heterocycles. The number of hydrogen-bond acceptors (Lipinski definition) is 12. The Morgan fingerprint density at radius 1 is 1.09 bits per heavy atom. The van der Waals surface area contributed by atoms with Gasteiger partial charge in [-0.1, -0.05) is 12.1 Å². The molecule has 5 aliphatic rings. The molecule has 8 rings (SSSR count). The van der Waals surface area contributed by atoms with Gasteiger partial charge < -0.3 is 41.3 Å². The molecule has 3 saturated heterocycles. The maximum Gasteiger partial charge on any atom is 0.263 e. The number of para-hydroxylation sites is 1. The third kappa shape index (κ3) is 7.02. The van der Waals surface area contributed by atoms with Crippen LogP contribution in [0.1, 0.15) is 46.3 Å². The lowest BCUT2D eigenvalue weighted by Crippen LogP contribution is -2.59. The van der Waals surface area contributed by atoms with Crippen LogP contribution in [0, 0.1) is 11.6 Å². The van der Waals surface area contributed by atoms with Gasteiger partial charge in [-0.2, -0.15) is 0 Å². The number of fused-ring (bicyclic) bond motifs is 2. The maximum atomic E-state index is 15.5. The zero-order chi connectivity index (χ0) is 40.2. The summed E-state index contributed by atoms with van der Waals surface area (Å²) in [5.74, 6) is -3.64. The number of piperazine rings is 1. The van der Waals surface area contributed by atoms with Crippen LogP contribution in [0.15, 0.2) is 66.3 Å². The molecule has 5 aliphatic heterocycles. The summed E-state index contributed by atoms with van der Waals surface area (Å²) in [6, 6.07) is 10.1. The Balaban J connectivity index is 0.886. The number of rotatable bonds is 9. The number of pyridine rings is 1. The zero-order valence-corrected chi connectivity index (χ0v) is 30.7. The number of piperidine rings is 1. The highest BCUT2D eigenvalue weighted by Crippen LogP contribution is 2.42. The first kappa shape index (κ1) is 37.9. The van der Waals surface area contributed by atoms with E-state index in [-0.39, 0.29) is 66.4 Å². The predicted molar refractivity (Wildman–Crippen MR) is 198 cm³/mol. The quantitative estimate of drug-likeness (QED) is 0.158. The van der Waals surface area contributed by atoms with Crippen LogP contribution in [0.3, 0.4) is 0 Å². The Labute approximate surface area is 324 Å². The predicted octanol–water partition coefficient (Wildman–Crippen LogP) is 2.34. The van der Waals surface area contributed by atoms with E-state index in [1.807, 2.05) is 18.2 Å². The summed E-state index contributed by atoms with van der Waals surface area (Å²) in [6.07, 6.45) is -0.711. The van der Waals surface area contributed by atoms with Crippen molar-refractivity contribution in [2.75, 3.05) is 44.2 Å². The Hall–Kier alpha value is -6.04. The van der Waals surface area contributed by atoms with Gasteiger partial charge >= 0.3 is 0 Å². The summed E-state index contributed by atoms with van der Waals surface area (Å²) in [4.78, 5) is 48.7. The number of allylic oxidation sites excluding steroid dienone is 1. The number of aromatic hydroxyl groups is 1. The number of nitrogens with zero attached hydrogens (tertiary/aromatic N) is 5. The number of imide groups is 1. The molecule has 0 spiro atoms. The summed E-state index contributed by atoms with van der Waals surface area (Å²) >= 11 is 0. The van der Waals surface area contributed by atoms with Crippen LogP contribution >= 0.6 is 0 Å². The molecule has 7 N–H and O–H groups in total. The summed E-state index contributed by atoms with van der Waals surface area (Å²) in [7, 11) is 0. The smallest absolute Gasteiger partial charge is 0.263 e. The molecule has 0 bridgehead atoms. The lowest BCUT2D eigenvalue weighted by Gasteiger charge is -2.43. The van der Waals surface area contributed by atoms with Gasteiger partial charge in [0.05, 0.1) is 12.2 Å². The van der Waals surface area contributed by atoms with Gasteiger partial charge in [0, 0.05) is 87.4 Å². The number of ether oxygens (including phenoxy) is 1. The lowest BCUT2D eigenvalue weighted by molar-refractivity contribution is -0.136. The number of carbonyl (C=O) groups is 3. The van der Waals surface area contributed by atoms with Gasteiger partial charge in [0.25, 0.3) is 18.2 Å². The molecular weight excluding hydrogens is 750 g/mol. The molecule has 6 heterocycles. The van der Waals surface area contributed by atoms with Gasteiger partial charge in [-0.15, -0.1) is 0 Å². The van der Waals surface area contributed by atoms with E-state index in [9.17, 15) is 32.7 Å². The summed E-state index contributed by atoms with van der Waals surface area (Å²) in [6.45, 7) is 2.95. The molecule has 3 unspecified atom stereocenters. The molecule has 0 radical (unpaired) electrons. The van der Waals surface area contributed by atoms with E-state index in [1.165, 1.54) is 40.3 Å². The number of hydrogen-bond donors (Lipinski definition) is 5. The number of anilines is 1. The first-order valence-electron chi connectivity index (χ1n) is 18.6. The van der Waals surface area contributed by atoms with Gasteiger partial charge in [0.15, 0.2) is 17.4 Å². The second-order valence-electron chi connectivity index (χ2n) is 15.0. The SMILES string of the molecule is NC1=C(/C=C(\N)c2cccc(F)c2O)N2CC(Oc3ncc(CN4CCN(c5ccc6c(c5)C(=O)N(C5CCC(=O)NC5=O)C6)CC4)cc3F)CC2(C(F)F)CN1. The fourth-order valence-corrected chi connectivity index (χ4v) is 8.39. The standard InChI is InChI=1S/C39H41F4N9O5/c40-27-3-1-2-25(33(27)54)29(44)14-31-34(45)47-20-39(38(42)43)15-24(19-52(31)39)57-36-28(41)12-21(16-46-36)17-49-8-10-50(11-9-49)23-5-4-22-18-51(37(56)26(22)13-23)30-6-7-32(53)48-35(30)55/h1-5,12-14,16,24,30,38,47,54H,6-11,15,17-20,44-45H2,(H,48,53,55)/b29-14-. The molecule has 3 aromatic rings. The summed E-state index contributed by atoms with van der Waals surface area (Å²) in [5.41, 5.74) is 13.4. The minimum atomic E-state index is -2.87. The maximum absolute atomic E-state index is 15.5. The minimum Gasteiger partial charge on any atom is -0.504 e. The molecule has 2 aromatic carbocycles. The first-order chi connectivity index (χ1) is 27.3. The van der Waals surface area contributed by atoms with E-state index in [0.717, 1.165) is 17.3 Å². The number of alkyl halides is 2. The zero-order valence-electron chi connectivity index (χ0n) is 30.7. The van der Waals surface area contributed by atoms with Gasteiger partial charge in [0.1, 0.15) is 23.5 Å². The fraction of sp³-hybridized carbons (Fsp3) is 0.385. The molecular formula is C39H41F4N9O5. The van der Waals surface area contributed by atoms with Crippen LogP contribution in [-0.4, -0.2) is 106 Å². The average Bonchev–Trinajstić information content (AvgIpc) is 3.73. The summed E-state index contributed by atoms with van der Waals surface area (Å²) < 4.78 is 65.1. The third-order valence-electron chi connectivity index (χ3n) is 11.5. The Bertz CT molecular complexity index is 2200. The van der Waals surface area contributed by atoms with Crippen LogP contribution in [0.4, 0.5) is 23.2 Å². The topological polar surface area (TPSA) is 183 Å². The monoisotopic (exact) mass is 791 g/mol. The third-order valence-corrected chi connectivity index (χ3v) is 11.5. The van der Waals surface area contributed by atoms with Crippen LogP contribution < -0.4 is 31.7 Å². The highest BCUT2D eigenvalue weighted by molar-refractivity contribution is 6.05. The Morgan fingerprint density at radius 3 is 2.61 bits per heavy atom. The average molecular weight is 792 g/mol. The van der Waals surface area contributed by atoms with E-state index in [2.05, 4.69) is 25.4 Å². The number of nitrogens with two attached hydrogens (primary N) is 2. The van der Waals surface area contributed by atoms with Crippen molar-refractivity contribution in [1.82, 2.24) is 30.3 Å². The number of phenols is 1. The molecule has 3 fully saturated rings. The van der Waals surface area contributed by atoms with Crippen LogP contribution in [0.5, 0.6) is 11.6 Å². The number of aromatic nitrogens is 1. The van der Waals surface area contributed by atoms with E-state index in [4.69, 9.17) is 16.2 Å². The van der Waals surface area contributed by atoms with Gasteiger partial charge in [-0.25, -0.2) is 22.5 Å². The lowest BCUT2D eigenvalue weighted by atomic mass is 9.93. The molecule has 300 valence electrons. The van der Waals surface area contributed by atoms with E-state index < -0.39 is 47.4 Å². The number of amides is 3. The van der Waals surface area contributed by atoms with Gasteiger partial charge in [-0.3, -0.25) is 24.6 Å². The minimum absolute atomic E-state index is 0.0397. The molecule has 0 saturated carbocycles. The largest absolute Gasteiger partial charge is 0.504 e. The molecule has 0 aliphatic carbocycles. The van der Waals surface area contributed by atoms with Crippen molar-refractivity contribution in [2.24, 2.45) is 11.5 Å². The van der Waals surface area contributed by atoms with Crippen molar-refractivity contribution < 1.29 is 41.8 Å². The van der Waals surface area contributed by atoms with E-state index in [0.29, 0.717) is 56.8 Å². The number of phenolic OH excluding ortho intramolecular Hbond substituents is 1. The first-order valence-corrected chi connectivity index (χ1v) is 18.6. The van der Waals surface area contributed by atoms with Crippen molar-refractivity contribution in [1.29, 1.82) is 0 Å². The number of benzene rings is 2. The van der Waals surface area contributed by atoms with Crippen molar-refractivity contribution >= 4 is 29.1 Å². The van der Waals surface area contributed by atoms with E-state index >= 15 is 4.39 Å². The van der Waals surface area contributed by atoms with Crippen LogP contribution in [0.25, 0.3) is 5.70 Å². The van der Waals surface area contributed by atoms with Crippen molar-refractivity contribution in [3.63, 3.8) is 0 Å². The second kappa shape index (κ2) is 14.8. The second-order valence-corrected chi connectivity index (χ2v) is 15.0. The van der Waals surface area contributed by atoms with Crippen LogP contribution in [-0.2, 0) is 22.7 Å². The normalized spacial score (nSPS) is 24.2. The fourth-order valence-electron chi connectivity index (χ4n) is 8.39. The Kier molecular flexibility index (Phi) is 9.83. The highest BCUT2D eigenvalue weighted by atomic mass is 19.3. The van der Waals surface area contributed by atoms with Crippen molar-refractivity contribution in [3.05, 3.63) is 100 Å². The van der Waals surface area contributed by atoms with Crippen molar-refractivity contribution in [3.8, 4) is 11.6 Å². The molecule has 14 nitrogen and oxygen atoms in total. The molecule has 3 amide bonds. The molecule has 57 heavy (non-hydrogen) atoms. The van der Waals surface area contributed by atoms with E-state index in [1.54, 1.807) is 0 Å². The van der Waals surface area contributed by atoms with Gasteiger partial charge in [0.2, 0.25) is 11.8 Å². The molecule has 3 atom stereocenters. The van der Waals surface area contributed by atoms with Crippen molar-refractivity contribution in [2.45, 2.75) is 56.5 Å². The Morgan fingerprint density at radius 2 is 1.88 bits per heavy atom. The number of nitrogens with one attached hydrogen (secondary N) is 2. The highest BCUT2D eigenvalue weighted by Gasteiger charge is 2.56. The van der Waals surface area contributed by atoms with Crippen LogP contribution in [0.2, 0.25) is 0 Å². The number of carbonyl (C=O) groups excluding carboxylic acids is 3. The number of halogens is 4.